The lowest BCUT2D eigenvalue weighted by Gasteiger charge is -2.10. The molecule has 0 radical (unpaired) electrons. The third-order valence-corrected chi connectivity index (χ3v) is 5.51. The van der Waals surface area contributed by atoms with E-state index in [0.717, 1.165) is 18.4 Å². The molecule has 24 heavy (non-hydrogen) atoms. The molecular weight excluding hydrogens is 348 g/mol. The molecule has 0 aliphatic heterocycles. The molecule has 0 saturated heterocycles. The Balaban J connectivity index is 1.82. The van der Waals surface area contributed by atoms with Crippen LogP contribution in [0.15, 0.2) is 47.4 Å². The lowest BCUT2D eigenvalue weighted by atomic mass is 10.1. The van der Waals surface area contributed by atoms with Crippen LogP contribution < -0.4 is 10.0 Å². The van der Waals surface area contributed by atoms with Crippen molar-refractivity contribution in [3.05, 3.63) is 58.6 Å². The predicted octanol–water partition coefficient (Wildman–Crippen LogP) is 3.34. The van der Waals surface area contributed by atoms with E-state index in [2.05, 4.69) is 10.0 Å². The second-order valence-corrected chi connectivity index (χ2v) is 7.99. The van der Waals surface area contributed by atoms with Crippen molar-refractivity contribution in [2.24, 2.45) is 0 Å². The number of nitrogens with one attached hydrogen (secondary N) is 2. The molecule has 1 fully saturated rings. The summed E-state index contributed by atoms with van der Waals surface area (Å²) < 4.78 is 27.1. The molecule has 2 aromatic rings. The van der Waals surface area contributed by atoms with Gasteiger partial charge in [-0.3, -0.25) is 4.79 Å². The van der Waals surface area contributed by atoms with E-state index in [1.165, 1.54) is 12.1 Å². The number of carbonyl (C=O) groups excluding carboxylic acids is 1. The van der Waals surface area contributed by atoms with Crippen molar-refractivity contribution in [1.82, 2.24) is 4.72 Å². The third-order valence-electron chi connectivity index (χ3n) is 3.75. The van der Waals surface area contributed by atoms with E-state index in [1.807, 2.05) is 6.92 Å². The Kier molecular flexibility index (Phi) is 4.62. The highest BCUT2D eigenvalue weighted by Crippen LogP contribution is 2.23. The SMILES string of the molecule is Cc1ccc(Cl)cc1NC(=O)c1cccc(S(=O)(=O)NC2CC2)c1. The van der Waals surface area contributed by atoms with Gasteiger partial charge in [-0.1, -0.05) is 23.7 Å². The van der Waals surface area contributed by atoms with Crippen molar-refractivity contribution in [1.29, 1.82) is 0 Å². The van der Waals surface area contributed by atoms with Gasteiger partial charge in [-0.25, -0.2) is 13.1 Å². The maximum atomic E-state index is 12.4. The number of hydrogen-bond donors (Lipinski definition) is 2. The summed E-state index contributed by atoms with van der Waals surface area (Å²) in [6.45, 7) is 1.85. The molecule has 0 atom stereocenters. The molecule has 2 aromatic carbocycles. The van der Waals surface area contributed by atoms with Crippen LogP contribution in [0.3, 0.4) is 0 Å². The van der Waals surface area contributed by atoms with Gasteiger partial charge < -0.3 is 5.32 Å². The topological polar surface area (TPSA) is 75.3 Å². The molecule has 0 bridgehead atoms. The first-order valence-electron chi connectivity index (χ1n) is 7.55. The number of halogens is 1. The fraction of sp³-hybridized carbons (Fsp3) is 0.235. The van der Waals surface area contributed by atoms with Gasteiger partial charge in [0.1, 0.15) is 0 Å². The zero-order chi connectivity index (χ0) is 17.3. The summed E-state index contributed by atoms with van der Waals surface area (Å²) in [6, 6.07) is 11.2. The molecule has 126 valence electrons. The molecule has 1 aliphatic carbocycles. The molecule has 7 heteroatoms. The summed E-state index contributed by atoms with van der Waals surface area (Å²) in [7, 11) is -3.59. The largest absolute Gasteiger partial charge is 0.322 e. The second kappa shape index (κ2) is 6.55. The highest BCUT2D eigenvalue weighted by atomic mass is 35.5. The third kappa shape index (κ3) is 3.95. The summed E-state index contributed by atoms with van der Waals surface area (Å²) in [5.41, 5.74) is 1.73. The summed E-state index contributed by atoms with van der Waals surface area (Å²) in [6.07, 6.45) is 1.71. The van der Waals surface area contributed by atoms with Gasteiger partial charge in [0.25, 0.3) is 5.91 Å². The molecule has 1 amide bonds. The quantitative estimate of drug-likeness (QED) is 0.854. The van der Waals surface area contributed by atoms with Gasteiger partial charge in [0.05, 0.1) is 4.90 Å². The van der Waals surface area contributed by atoms with Gasteiger partial charge in [-0.05, 0) is 55.7 Å². The van der Waals surface area contributed by atoms with Crippen LogP contribution in [0.2, 0.25) is 5.02 Å². The number of anilines is 1. The highest BCUT2D eigenvalue weighted by Gasteiger charge is 2.28. The van der Waals surface area contributed by atoms with Crippen LogP contribution >= 0.6 is 11.6 Å². The lowest BCUT2D eigenvalue weighted by Crippen LogP contribution is -2.26. The number of sulfonamides is 1. The smallest absolute Gasteiger partial charge is 0.255 e. The van der Waals surface area contributed by atoms with Crippen LogP contribution in [-0.2, 0) is 10.0 Å². The molecule has 1 aliphatic rings. The van der Waals surface area contributed by atoms with E-state index < -0.39 is 10.0 Å². The first-order valence-corrected chi connectivity index (χ1v) is 9.41. The number of amides is 1. The average Bonchev–Trinajstić information content (AvgIpc) is 3.34. The summed E-state index contributed by atoms with van der Waals surface area (Å²) in [5, 5.41) is 3.28. The van der Waals surface area contributed by atoms with Crippen molar-refractivity contribution < 1.29 is 13.2 Å². The molecule has 3 rings (SSSR count). The number of carbonyl (C=O) groups is 1. The van der Waals surface area contributed by atoms with Crippen molar-refractivity contribution in [2.45, 2.75) is 30.7 Å². The van der Waals surface area contributed by atoms with Gasteiger partial charge in [0.2, 0.25) is 10.0 Å². The van der Waals surface area contributed by atoms with Crippen molar-refractivity contribution in [3.8, 4) is 0 Å². The van der Waals surface area contributed by atoms with Crippen molar-refractivity contribution in [2.75, 3.05) is 5.32 Å². The van der Waals surface area contributed by atoms with Crippen LogP contribution in [0.25, 0.3) is 0 Å². The summed E-state index contributed by atoms with van der Waals surface area (Å²) in [4.78, 5) is 12.5. The van der Waals surface area contributed by atoms with Gasteiger partial charge in [0, 0.05) is 22.3 Å². The second-order valence-electron chi connectivity index (χ2n) is 5.84. The Bertz CT molecular complexity index is 892. The van der Waals surface area contributed by atoms with E-state index in [1.54, 1.807) is 30.3 Å². The van der Waals surface area contributed by atoms with E-state index in [0.29, 0.717) is 10.7 Å². The lowest BCUT2D eigenvalue weighted by molar-refractivity contribution is 0.102. The molecule has 0 spiro atoms. The zero-order valence-electron chi connectivity index (χ0n) is 13.0. The minimum Gasteiger partial charge on any atom is -0.322 e. The van der Waals surface area contributed by atoms with E-state index in [-0.39, 0.29) is 22.4 Å². The van der Waals surface area contributed by atoms with Crippen molar-refractivity contribution in [3.63, 3.8) is 0 Å². The summed E-state index contributed by atoms with van der Waals surface area (Å²) in [5.74, 6) is -0.385. The average molecular weight is 365 g/mol. The predicted molar refractivity (Wildman–Crippen MR) is 93.9 cm³/mol. The fourth-order valence-corrected chi connectivity index (χ4v) is 3.74. The fourth-order valence-electron chi connectivity index (χ4n) is 2.22. The molecule has 5 nitrogen and oxygen atoms in total. The van der Waals surface area contributed by atoms with Crippen LogP contribution in [0, 0.1) is 6.92 Å². The Morgan fingerprint density at radius 1 is 1.17 bits per heavy atom. The normalized spacial score (nSPS) is 14.4. The minimum atomic E-state index is -3.59. The first-order chi connectivity index (χ1) is 11.3. The monoisotopic (exact) mass is 364 g/mol. The number of hydrogen-bond acceptors (Lipinski definition) is 3. The van der Waals surface area contributed by atoms with Gasteiger partial charge >= 0.3 is 0 Å². The van der Waals surface area contributed by atoms with Crippen LogP contribution in [-0.4, -0.2) is 20.4 Å². The Labute approximate surface area is 146 Å². The van der Waals surface area contributed by atoms with Crippen molar-refractivity contribution >= 4 is 33.2 Å². The van der Waals surface area contributed by atoms with E-state index in [9.17, 15) is 13.2 Å². The van der Waals surface area contributed by atoms with Gasteiger partial charge in [0.15, 0.2) is 0 Å². The molecule has 0 unspecified atom stereocenters. The Morgan fingerprint density at radius 2 is 1.92 bits per heavy atom. The number of aryl methyl sites for hydroxylation is 1. The molecule has 0 aromatic heterocycles. The minimum absolute atomic E-state index is 0.0154. The number of rotatable bonds is 5. The maximum absolute atomic E-state index is 12.4. The number of benzene rings is 2. The Morgan fingerprint density at radius 3 is 2.62 bits per heavy atom. The first kappa shape index (κ1) is 17.0. The van der Waals surface area contributed by atoms with Gasteiger partial charge in [-0.2, -0.15) is 0 Å². The molecule has 0 heterocycles. The Hall–Kier alpha value is -1.89. The van der Waals surface area contributed by atoms with Crippen LogP contribution in [0.5, 0.6) is 0 Å². The van der Waals surface area contributed by atoms with Crippen LogP contribution in [0.4, 0.5) is 5.69 Å². The summed E-state index contributed by atoms with van der Waals surface area (Å²) >= 11 is 5.95. The zero-order valence-corrected chi connectivity index (χ0v) is 14.6. The molecule has 2 N–H and O–H groups in total. The molecular formula is C17H17ClN2O3S. The van der Waals surface area contributed by atoms with E-state index >= 15 is 0 Å². The van der Waals surface area contributed by atoms with Gasteiger partial charge in [-0.15, -0.1) is 0 Å². The standard InChI is InChI=1S/C17H17ClN2O3S/c1-11-5-6-13(18)10-16(11)19-17(21)12-3-2-4-15(9-12)24(22,23)20-14-7-8-14/h2-6,9-10,14,20H,7-8H2,1H3,(H,19,21). The molecule has 1 saturated carbocycles. The highest BCUT2D eigenvalue weighted by molar-refractivity contribution is 7.89. The van der Waals surface area contributed by atoms with Crippen LogP contribution in [0.1, 0.15) is 28.8 Å². The maximum Gasteiger partial charge on any atom is 0.255 e. The van der Waals surface area contributed by atoms with E-state index in [4.69, 9.17) is 11.6 Å².